The molecule has 1 aliphatic rings. The van der Waals surface area contributed by atoms with Gasteiger partial charge in [-0.15, -0.1) is 0 Å². The number of rotatable bonds is 5. The number of aliphatic carboxylic acids is 2. The Hall–Kier alpha value is -1.62. The Morgan fingerprint density at radius 2 is 1.94 bits per heavy atom. The molecule has 0 bridgehead atoms. The molecule has 1 unspecified atom stereocenters. The van der Waals surface area contributed by atoms with Crippen molar-refractivity contribution in [2.24, 2.45) is 0 Å². The van der Waals surface area contributed by atoms with Crippen LogP contribution in [0.4, 0.5) is 0 Å². The Bertz CT molecular complexity index is 374. The van der Waals surface area contributed by atoms with Crippen LogP contribution in [-0.4, -0.2) is 34.9 Å². The lowest BCUT2D eigenvalue weighted by molar-refractivity contribution is -0.132. The van der Waals surface area contributed by atoms with Crippen LogP contribution in [0.2, 0.25) is 0 Å². The first kappa shape index (κ1) is 12.4. The minimum absolute atomic E-state index is 0.0374. The molecule has 0 aliphatic carbocycles. The Kier molecular flexibility index (Phi) is 3.84. The maximum atomic E-state index is 11.0. The van der Waals surface area contributed by atoms with E-state index in [1.807, 2.05) is 0 Å². The molecular weight excluding hydrogens is 212 g/mol. The van der Waals surface area contributed by atoms with Crippen LogP contribution in [-0.2, 0) is 14.3 Å². The number of allylic oxidation sites excluding steroid dienone is 1. The first-order valence-electron chi connectivity index (χ1n) is 4.92. The highest BCUT2D eigenvalue weighted by molar-refractivity contribution is 5.96. The first-order chi connectivity index (χ1) is 7.47. The third-order valence-electron chi connectivity index (χ3n) is 2.45. The SMILES string of the molecule is CC=C(C(=O)O)C(CC1CO1)=C(C)C(=O)O. The number of carboxylic acid groups (broad SMARTS) is 2. The van der Waals surface area contributed by atoms with E-state index in [4.69, 9.17) is 14.9 Å². The van der Waals surface area contributed by atoms with E-state index in [0.717, 1.165) is 0 Å². The normalized spacial score (nSPS) is 21.4. The van der Waals surface area contributed by atoms with E-state index in [0.29, 0.717) is 18.6 Å². The van der Waals surface area contributed by atoms with Crippen molar-refractivity contribution in [3.8, 4) is 0 Å². The average molecular weight is 226 g/mol. The molecule has 0 radical (unpaired) electrons. The molecule has 16 heavy (non-hydrogen) atoms. The van der Waals surface area contributed by atoms with Crippen molar-refractivity contribution in [2.75, 3.05) is 6.61 Å². The van der Waals surface area contributed by atoms with Crippen molar-refractivity contribution >= 4 is 11.9 Å². The highest BCUT2D eigenvalue weighted by Crippen LogP contribution is 2.27. The van der Waals surface area contributed by atoms with E-state index in [1.165, 1.54) is 13.0 Å². The van der Waals surface area contributed by atoms with Gasteiger partial charge < -0.3 is 14.9 Å². The fraction of sp³-hybridized carbons (Fsp3) is 0.455. The third kappa shape index (κ3) is 2.93. The fourth-order valence-corrected chi connectivity index (χ4v) is 1.43. The van der Waals surface area contributed by atoms with Crippen molar-refractivity contribution in [3.63, 3.8) is 0 Å². The first-order valence-corrected chi connectivity index (χ1v) is 4.92. The molecule has 0 saturated carbocycles. The molecule has 1 heterocycles. The molecule has 2 N–H and O–H groups in total. The zero-order valence-corrected chi connectivity index (χ0v) is 9.19. The molecule has 5 heteroatoms. The van der Waals surface area contributed by atoms with Gasteiger partial charge in [0.2, 0.25) is 0 Å². The van der Waals surface area contributed by atoms with Crippen molar-refractivity contribution in [2.45, 2.75) is 26.4 Å². The average Bonchev–Trinajstić information content (AvgIpc) is 2.99. The van der Waals surface area contributed by atoms with Crippen LogP contribution in [0.1, 0.15) is 20.3 Å². The second kappa shape index (κ2) is 4.94. The summed E-state index contributed by atoms with van der Waals surface area (Å²) >= 11 is 0. The molecule has 0 aromatic heterocycles. The topological polar surface area (TPSA) is 87.1 Å². The van der Waals surface area contributed by atoms with Gasteiger partial charge in [0.25, 0.3) is 0 Å². The molecule has 0 aromatic rings. The Morgan fingerprint density at radius 3 is 2.25 bits per heavy atom. The molecule has 88 valence electrons. The van der Waals surface area contributed by atoms with Crippen LogP contribution in [0.25, 0.3) is 0 Å². The molecule has 1 fully saturated rings. The van der Waals surface area contributed by atoms with Crippen LogP contribution in [0, 0.1) is 0 Å². The second-order valence-electron chi connectivity index (χ2n) is 3.58. The van der Waals surface area contributed by atoms with Gasteiger partial charge in [-0.2, -0.15) is 0 Å². The Balaban J connectivity index is 3.07. The summed E-state index contributed by atoms with van der Waals surface area (Å²) in [5, 5.41) is 17.9. The Morgan fingerprint density at radius 1 is 1.38 bits per heavy atom. The van der Waals surface area contributed by atoms with E-state index in [2.05, 4.69) is 0 Å². The summed E-state index contributed by atoms with van der Waals surface area (Å²) in [5.41, 5.74) is 0.436. The van der Waals surface area contributed by atoms with E-state index in [-0.39, 0.29) is 17.3 Å². The van der Waals surface area contributed by atoms with Crippen molar-refractivity contribution in [1.82, 2.24) is 0 Å². The van der Waals surface area contributed by atoms with Crippen LogP contribution in [0.5, 0.6) is 0 Å². The maximum Gasteiger partial charge on any atom is 0.335 e. The number of hydrogen-bond acceptors (Lipinski definition) is 3. The predicted octanol–water partition coefficient (Wildman–Crippen LogP) is 1.21. The van der Waals surface area contributed by atoms with Crippen LogP contribution in [0.3, 0.4) is 0 Å². The monoisotopic (exact) mass is 226 g/mol. The van der Waals surface area contributed by atoms with Gasteiger partial charge in [-0.25, -0.2) is 9.59 Å². The second-order valence-corrected chi connectivity index (χ2v) is 3.58. The fourth-order valence-electron chi connectivity index (χ4n) is 1.43. The summed E-state index contributed by atoms with van der Waals surface area (Å²) in [6, 6.07) is 0. The molecule has 0 spiro atoms. The van der Waals surface area contributed by atoms with E-state index < -0.39 is 11.9 Å². The smallest absolute Gasteiger partial charge is 0.335 e. The summed E-state index contributed by atoms with van der Waals surface area (Å²) in [7, 11) is 0. The molecule has 0 aromatic carbocycles. The van der Waals surface area contributed by atoms with E-state index in [9.17, 15) is 9.59 Å². The summed E-state index contributed by atoms with van der Waals surface area (Å²) in [6.45, 7) is 3.55. The lowest BCUT2D eigenvalue weighted by Crippen LogP contribution is -2.11. The highest BCUT2D eigenvalue weighted by Gasteiger charge is 2.28. The standard InChI is InChI=1S/C11H14O5/c1-3-8(11(14)15)9(4-7-5-16-7)6(2)10(12)13/h3,7H,4-5H2,1-2H3,(H,12,13)(H,14,15). The van der Waals surface area contributed by atoms with E-state index >= 15 is 0 Å². The number of carboxylic acids is 2. The van der Waals surface area contributed by atoms with E-state index in [1.54, 1.807) is 6.92 Å². The van der Waals surface area contributed by atoms with Gasteiger partial charge in [0.15, 0.2) is 0 Å². The van der Waals surface area contributed by atoms with Gasteiger partial charge in [-0.3, -0.25) is 0 Å². The predicted molar refractivity (Wildman–Crippen MR) is 56.1 cm³/mol. The minimum Gasteiger partial charge on any atom is -0.478 e. The summed E-state index contributed by atoms with van der Waals surface area (Å²) in [5.74, 6) is -2.21. The number of epoxide rings is 1. The zero-order chi connectivity index (χ0) is 12.3. The zero-order valence-electron chi connectivity index (χ0n) is 9.19. The molecule has 1 aliphatic heterocycles. The van der Waals surface area contributed by atoms with Crippen LogP contribution >= 0.6 is 0 Å². The maximum absolute atomic E-state index is 11.0. The lowest BCUT2D eigenvalue weighted by atomic mass is 9.96. The van der Waals surface area contributed by atoms with Gasteiger partial charge in [0, 0.05) is 12.0 Å². The number of ether oxygens (including phenoxy) is 1. The minimum atomic E-state index is -1.11. The van der Waals surface area contributed by atoms with Gasteiger partial charge in [-0.05, 0) is 19.4 Å². The van der Waals surface area contributed by atoms with Crippen LogP contribution in [0.15, 0.2) is 22.8 Å². The highest BCUT2D eigenvalue weighted by atomic mass is 16.6. The van der Waals surface area contributed by atoms with Crippen molar-refractivity contribution in [1.29, 1.82) is 0 Å². The van der Waals surface area contributed by atoms with Gasteiger partial charge in [0.05, 0.1) is 18.3 Å². The molecule has 5 nitrogen and oxygen atoms in total. The number of carbonyl (C=O) groups is 2. The van der Waals surface area contributed by atoms with Crippen molar-refractivity contribution < 1.29 is 24.5 Å². The molecular formula is C11H14O5. The summed E-state index contributed by atoms with van der Waals surface area (Å²) < 4.78 is 5.00. The summed E-state index contributed by atoms with van der Waals surface area (Å²) in [4.78, 5) is 21.8. The van der Waals surface area contributed by atoms with Crippen LogP contribution < -0.4 is 0 Å². The quantitative estimate of drug-likeness (QED) is 0.418. The third-order valence-corrected chi connectivity index (χ3v) is 2.45. The molecule has 1 saturated heterocycles. The largest absolute Gasteiger partial charge is 0.478 e. The van der Waals surface area contributed by atoms with Gasteiger partial charge in [0.1, 0.15) is 0 Å². The molecule has 1 rings (SSSR count). The van der Waals surface area contributed by atoms with Crippen molar-refractivity contribution in [3.05, 3.63) is 22.8 Å². The Labute approximate surface area is 93.0 Å². The summed E-state index contributed by atoms with van der Waals surface area (Å²) in [6.07, 6.45) is 1.70. The molecule has 1 atom stereocenters. The van der Waals surface area contributed by atoms with Gasteiger partial charge >= 0.3 is 11.9 Å². The molecule has 0 amide bonds. The lowest BCUT2D eigenvalue weighted by Gasteiger charge is -2.09. The van der Waals surface area contributed by atoms with Gasteiger partial charge in [-0.1, -0.05) is 6.08 Å². The number of hydrogen-bond donors (Lipinski definition) is 2.